The quantitative estimate of drug-likeness (QED) is 0.747. The summed E-state index contributed by atoms with van der Waals surface area (Å²) in [7, 11) is 0. The van der Waals surface area contributed by atoms with Gasteiger partial charge in [-0.2, -0.15) is 10.1 Å². The molecule has 1 amide bonds. The van der Waals surface area contributed by atoms with Crippen LogP contribution in [0, 0.1) is 0 Å². The summed E-state index contributed by atoms with van der Waals surface area (Å²) in [5.74, 6) is -1.23. The van der Waals surface area contributed by atoms with Gasteiger partial charge in [0, 0.05) is 6.20 Å². The van der Waals surface area contributed by atoms with Crippen LogP contribution in [-0.4, -0.2) is 42.6 Å². The van der Waals surface area contributed by atoms with Crippen molar-refractivity contribution < 1.29 is 14.7 Å². The van der Waals surface area contributed by atoms with E-state index in [0.717, 1.165) is 0 Å². The van der Waals surface area contributed by atoms with Crippen molar-refractivity contribution in [2.75, 3.05) is 0 Å². The number of rotatable bonds is 6. The monoisotopic (exact) mass is 289 g/mol. The van der Waals surface area contributed by atoms with Gasteiger partial charge in [-0.3, -0.25) is 4.79 Å². The first kappa shape index (κ1) is 14.6. The molecule has 0 radical (unpaired) electrons. The number of nitrogens with zero attached hydrogens (tertiary/aromatic N) is 4. The fourth-order valence-corrected chi connectivity index (χ4v) is 1.98. The number of carbonyl (C=O) groups is 2. The van der Waals surface area contributed by atoms with Crippen LogP contribution in [0.4, 0.5) is 0 Å². The average Bonchev–Trinajstić information content (AvgIpc) is 2.93. The summed E-state index contributed by atoms with van der Waals surface area (Å²) in [5.41, 5.74) is 0.906. The maximum atomic E-state index is 12.3. The van der Waals surface area contributed by atoms with Crippen LogP contribution < -0.4 is 5.32 Å². The molecule has 21 heavy (non-hydrogen) atoms. The minimum atomic E-state index is -1.11. The molecule has 2 rings (SSSR count). The number of aliphatic carboxylic acids is 1. The number of aryl methyl sites for hydroxylation is 1. The minimum Gasteiger partial charge on any atom is -0.480 e. The maximum absolute atomic E-state index is 12.3. The standard InChI is InChI=1S/C13H15N5O3/c1-3-5-9(12(20)21)17-11(19)8-6-14-13-15-7-16-18(13)10(8)4-2/h3,6-7,9H,1,4-5H2,2H3,(H,17,19)(H,20,21). The third kappa shape index (κ3) is 2.88. The highest BCUT2D eigenvalue weighted by Gasteiger charge is 2.22. The molecule has 0 spiro atoms. The van der Waals surface area contributed by atoms with Crippen LogP contribution in [0.2, 0.25) is 0 Å². The summed E-state index contributed by atoms with van der Waals surface area (Å²) in [6.07, 6.45) is 4.84. The zero-order valence-electron chi connectivity index (χ0n) is 11.5. The van der Waals surface area contributed by atoms with Gasteiger partial charge in [0.15, 0.2) is 0 Å². The summed E-state index contributed by atoms with van der Waals surface area (Å²) in [5, 5.41) is 15.5. The molecule has 0 saturated carbocycles. The lowest BCUT2D eigenvalue weighted by atomic mass is 10.1. The Bertz CT molecular complexity index is 694. The van der Waals surface area contributed by atoms with E-state index in [9.17, 15) is 9.59 Å². The zero-order chi connectivity index (χ0) is 15.4. The Labute approximate surface area is 120 Å². The predicted molar refractivity (Wildman–Crippen MR) is 73.9 cm³/mol. The molecule has 1 unspecified atom stereocenters. The van der Waals surface area contributed by atoms with Gasteiger partial charge in [0.25, 0.3) is 11.7 Å². The van der Waals surface area contributed by atoms with E-state index in [1.54, 1.807) is 0 Å². The molecule has 0 bridgehead atoms. The number of carboxylic acids is 1. The van der Waals surface area contributed by atoms with Crippen LogP contribution in [0.1, 0.15) is 29.4 Å². The fourth-order valence-electron chi connectivity index (χ4n) is 1.98. The minimum absolute atomic E-state index is 0.140. The van der Waals surface area contributed by atoms with Crippen molar-refractivity contribution in [3.63, 3.8) is 0 Å². The SMILES string of the molecule is C=CCC(NC(=O)c1cnc2ncnn2c1CC)C(=O)O. The Hall–Kier alpha value is -2.77. The largest absolute Gasteiger partial charge is 0.480 e. The number of hydrogen-bond acceptors (Lipinski definition) is 5. The van der Waals surface area contributed by atoms with Crippen molar-refractivity contribution in [2.45, 2.75) is 25.8 Å². The van der Waals surface area contributed by atoms with Gasteiger partial charge in [0.05, 0.1) is 11.3 Å². The van der Waals surface area contributed by atoms with E-state index in [-0.39, 0.29) is 12.0 Å². The molecule has 0 aliphatic carbocycles. The second-order valence-electron chi connectivity index (χ2n) is 4.33. The molecule has 8 nitrogen and oxygen atoms in total. The second kappa shape index (κ2) is 6.12. The van der Waals surface area contributed by atoms with E-state index in [1.807, 2.05) is 6.92 Å². The maximum Gasteiger partial charge on any atom is 0.326 e. The van der Waals surface area contributed by atoms with Crippen LogP contribution in [-0.2, 0) is 11.2 Å². The highest BCUT2D eigenvalue weighted by atomic mass is 16.4. The van der Waals surface area contributed by atoms with E-state index in [4.69, 9.17) is 5.11 Å². The lowest BCUT2D eigenvalue weighted by Gasteiger charge is -2.14. The molecular weight excluding hydrogens is 274 g/mol. The molecule has 2 aromatic rings. The zero-order valence-corrected chi connectivity index (χ0v) is 11.5. The van der Waals surface area contributed by atoms with Crippen LogP contribution in [0.25, 0.3) is 5.78 Å². The van der Waals surface area contributed by atoms with Gasteiger partial charge >= 0.3 is 5.97 Å². The van der Waals surface area contributed by atoms with Crippen molar-refractivity contribution >= 4 is 17.7 Å². The highest BCUT2D eigenvalue weighted by molar-refractivity contribution is 5.97. The van der Waals surface area contributed by atoms with Crippen molar-refractivity contribution in [1.82, 2.24) is 24.9 Å². The van der Waals surface area contributed by atoms with E-state index < -0.39 is 17.9 Å². The molecule has 0 saturated heterocycles. The first-order valence-electron chi connectivity index (χ1n) is 6.40. The number of amides is 1. The summed E-state index contributed by atoms with van der Waals surface area (Å²) in [4.78, 5) is 31.3. The Balaban J connectivity index is 2.34. The Morgan fingerprint density at radius 2 is 2.29 bits per heavy atom. The molecule has 2 heterocycles. The third-order valence-corrected chi connectivity index (χ3v) is 2.99. The highest BCUT2D eigenvalue weighted by Crippen LogP contribution is 2.10. The topological polar surface area (TPSA) is 109 Å². The average molecular weight is 289 g/mol. The van der Waals surface area contributed by atoms with E-state index in [1.165, 1.54) is 23.1 Å². The first-order chi connectivity index (χ1) is 10.1. The molecule has 2 N–H and O–H groups in total. The molecule has 0 aliphatic rings. The Morgan fingerprint density at radius 3 is 2.90 bits per heavy atom. The van der Waals surface area contributed by atoms with Crippen molar-refractivity contribution in [2.24, 2.45) is 0 Å². The lowest BCUT2D eigenvalue weighted by molar-refractivity contribution is -0.139. The summed E-state index contributed by atoms with van der Waals surface area (Å²) >= 11 is 0. The number of carboxylic acid groups (broad SMARTS) is 1. The van der Waals surface area contributed by atoms with E-state index in [0.29, 0.717) is 17.9 Å². The molecule has 8 heteroatoms. The van der Waals surface area contributed by atoms with Crippen molar-refractivity contribution in [1.29, 1.82) is 0 Å². The smallest absolute Gasteiger partial charge is 0.326 e. The van der Waals surface area contributed by atoms with Gasteiger partial charge in [-0.25, -0.2) is 14.3 Å². The molecule has 0 aliphatic heterocycles. The van der Waals surface area contributed by atoms with Crippen LogP contribution in [0.5, 0.6) is 0 Å². The van der Waals surface area contributed by atoms with Crippen LogP contribution >= 0.6 is 0 Å². The van der Waals surface area contributed by atoms with Crippen molar-refractivity contribution in [3.05, 3.63) is 36.4 Å². The first-order valence-corrected chi connectivity index (χ1v) is 6.40. The van der Waals surface area contributed by atoms with E-state index >= 15 is 0 Å². The number of carbonyl (C=O) groups excluding carboxylic acids is 1. The van der Waals surface area contributed by atoms with Gasteiger partial charge in [0.1, 0.15) is 12.4 Å². The molecule has 0 fully saturated rings. The van der Waals surface area contributed by atoms with Crippen LogP contribution in [0.15, 0.2) is 25.2 Å². The van der Waals surface area contributed by atoms with Gasteiger partial charge in [-0.05, 0) is 12.8 Å². The second-order valence-corrected chi connectivity index (χ2v) is 4.33. The van der Waals surface area contributed by atoms with Crippen molar-refractivity contribution in [3.8, 4) is 0 Å². The van der Waals surface area contributed by atoms with Gasteiger partial charge < -0.3 is 10.4 Å². The van der Waals surface area contributed by atoms with Gasteiger partial charge in [-0.15, -0.1) is 6.58 Å². The number of hydrogen-bond donors (Lipinski definition) is 2. The Kier molecular flexibility index (Phi) is 4.27. The molecule has 0 aromatic carbocycles. The number of nitrogens with one attached hydrogen (secondary N) is 1. The van der Waals surface area contributed by atoms with Gasteiger partial charge in [0.2, 0.25) is 0 Å². The number of aromatic nitrogens is 4. The molecule has 110 valence electrons. The number of fused-ring (bicyclic) bond motifs is 1. The molecular formula is C13H15N5O3. The van der Waals surface area contributed by atoms with E-state index in [2.05, 4.69) is 27.0 Å². The molecule has 1 atom stereocenters. The predicted octanol–water partition coefficient (Wildman–Crippen LogP) is 0.446. The Morgan fingerprint density at radius 1 is 1.52 bits per heavy atom. The summed E-state index contributed by atoms with van der Waals surface area (Å²) < 4.78 is 1.47. The molecule has 2 aromatic heterocycles. The van der Waals surface area contributed by atoms with Crippen LogP contribution in [0.3, 0.4) is 0 Å². The van der Waals surface area contributed by atoms with Gasteiger partial charge in [-0.1, -0.05) is 13.0 Å². The lowest BCUT2D eigenvalue weighted by Crippen LogP contribution is -2.41. The normalized spacial score (nSPS) is 12.0. The third-order valence-electron chi connectivity index (χ3n) is 2.99. The summed E-state index contributed by atoms with van der Waals surface area (Å²) in [6, 6.07) is -1.02. The summed E-state index contributed by atoms with van der Waals surface area (Å²) in [6.45, 7) is 5.35. The fraction of sp³-hybridized carbons (Fsp3) is 0.308.